The molecule has 1 aromatic heterocycles. The van der Waals surface area contributed by atoms with Gasteiger partial charge in [-0.1, -0.05) is 29.3 Å². The van der Waals surface area contributed by atoms with Crippen LogP contribution < -0.4 is 10.1 Å². The van der Waals surface area contributed by atoms with Gasteiger partial charge in [-0.05, 0) is 24.3 Å². The zero-order valence-electron chi connectivity index (χ0n) is 13.9. The number of carbonyl (C=O) groups is 1. The minimum Gasteiger partial charge on any atom is -0.453 e. The number of hydrogen-bond donors (Lipinski definition) is 2. The number of amides is 1. The maximum absolute atomic E-state index is 14.8. The second-order valence-electron chi connectivity index (χ2n) is 5.49. The van der Waals surface area contributed by atoms with Crippen molar-refractivity contribution in [2.45, 2.75) is 6.54 Å². The number of carbonyl (C=O) groups excluding carboxylic acids is 1. The van der Waals surface area contributed by atoms with Crippen LogP contribution in [0.25, 0.3) is 0 Å². The molecule has 0 atom stereocenters. The second kappa shape index (κ2) is 8.25. The molecule has 0 saturated carbocycles. The van der Waals surface area contributed by atoms with E-state index in [0.717, 1.165) is 6.33 Å². The summed E-state index contributed by atoms with van der Waals surface area (Å²) in [5.74, 6) is -2.76. The minimum absolute atomic E-state index is 0.0225. The first-order valence-corrected chi connectivity index (χ1v) is 8.47. The van der Waals surface area contributed by atoms with Crippen LogP contribution in [-0.4, -0.2) is 15.9 Å². The second-order valence-corrected chi connectivity index (χ2v) is 6.33. The first kappa shape index (κ1) is 19.6. The van der Waals surface area contributed by atoms with E-state index in [1.807, 2.05) is 6.07 Å². The Labute approximate surface area is 167 Å². The molecule has 3 aromatic rings. The number of H-pyrrole nitrogens is 1. The Morgan fingerprint density at radius 2 is 2.07 bits per heavy atom. The van der Waals surface area contributed by atoms with Crippen molar-refractivity contribution in [2.75, 3.05) is 0 Å². The number of halogens is 4. The van der Waals surface area contributed by atoms with E-state index >= 15 is 0 Å². The molecule has 10 heteroatoms. The molecule has 0 saturated heterocycles. The van der Waals surface area contributed by atoms with Gasteiger partial charge in [-0.15, -0.1) is 0 Å². The standard InChI is InChI=1S/C18H10Cl2F2N4O2/c19-11-3-9(6-23)4-12(5-11)28-16-13(20)2-1-10(14(16)21)7-24-18(27)15-17(22)26-8-25-15/h1-5,8H,7H2,(H,24,27)(H,25,26). The normalized spacial score (nSPS) is 10.4. The molecule has 3 rings (SSSR count). The van der Waals surface area contributed by atoms with Crippen LogP contribution in [0.1, 0.15) is 21.6 Å². The average Bonchev–Trinajstić information content (AvgIpc) is 3.09. The fourth-order valence-electron chi connectivity index (χ4n) is 2.31. The van der Waals surface area contributed by atoms with E-state index in [9.17, 15) is 13.6 Å². The Kier molecular flexibility index (Phi) is 5.78. The molecule has 28 heavy (non-hydrogen) atoms. The summed E-state index contributed by atoms with van der Waals surface area (Å²) in [6.07, 6.45) is 1.03. The first-order chi connectivity index (χ1) is 13.4. The fourth-order valence-corrected chi connectivity index (χ4v) is 2.72. The van der Waals surface area contributed by atoms with Crippen molar-refractivity contribution >= 4 is 29.1 Å². The number of ether oxygens (including phenoxy) is 1. The predicted octanol–water partition coefficient (Wildman–Crippen LogP) is 4.59. The van der Waals surface area contributed by atoms with E-state index in [0.29, 0.717) is 0 Å². The van der Waals surface area contributed by atoms with Gasteiger partial charge in [-0.3, -0.25) is 4.79 Å². The molecule has 142 valence electrons. The summed E-state index contributed by atoms with van der Waals surface area (Å²) < 4.78 is 33.6. The Morgan fingerprint density at radius 1 is 1.29 bits per heavy atom. The molecule has 0 aliphatic rings. The molecule has 0 aliphatic carbocycles. The summed E-state index contributed by atoms with van der Waals surface area (Å²) in [5, 5.41) is 11.6. The lowest BCUT2D eigenvalue weighted by Crippen LogP contribution is -2.24. The number of nitrogens with zero attached hydrogens (tertiary/aromatic N) is 2. The van der Waals surface area contributed by atoms with Crippen LogP contribution in [0.2, 0.25) is 10.0 Å². The van der Waals surface area contributed by atoms with E-state index in [4.69, 9.17) is 33.2 Å². The number of rotatable bonds is 5. The molecule has 1 amide bonds. The van der Waals surface area contributed by atoms with E-state index in [2.05, 4.69) is 15.3 Å². The van der Waals surface area contributed by atoms with Gasteiger partial charge >= 0.3 is 0 Å². The third-order valence-electron chi connectivity index (χ3n) is 3.61. The molecule has 0 fully saturated rings. The van der Waals surface area contributed by atoms with E-state index in [1.165, 1.54) is 30.3 Å². The number of aromatic amines is 1. The van der Waals surface area contributed by atoms with Crippen molar-refractivity contribution in [3.63, 3.8) is 0 Å². The monoisotopic (exact) mass is 422 g/mol. The van der Waals surface area contributed by atoms with Gasteiger partial charge in [0.2, 0.25) is 5.95 Å². The Balaban J connectivity index is 1.82. The van der Waals surface area contributed by atoms with E-state index in [1.54, 1.807) is 0 Å². The molecular formula is C18H10Cl2F2N4O2. The number of benzene rings is 2. The van der Waals surface area contributed by atoms with Crippen molar-refractivity contribution in [1.82, 2.24) is 15.3 Å². The summed E-state index contributed by atoms with van der Waals surface area (Å²) in [6.45, 7) is -0.254. The molecule has 0 radical (unpaired) electrons. The molecule has 0 aliphatic heterocycles. The van der Waals surface area contributed by atoms with E-state index < -0.39 is 17.7 Å². The Morgan fingerprint density at radius 3 is 2.75 bits per heavy atom. The Hall–Kier alpha value is -3.15. The van der Waals surface area contributed by atoms with Crippen LogP contribution in [0.5, 0.6) is 11.5 Å². The van der Waals surface area contributed by atoms with Gasteiger partial charge in [0, 0.05) is 17.1 Å². The number of nitriles is 1. The van der Waals surface area contributed by atoms with Gasteiger partial charge in [0.1, 0.15) is 5.75 Å². The summed E-state index contributed by atoms with van der Waals surface area (Å²) >= 11 is 11.9. The topological polar surface area (TPSA) is 90.8 Å². The van der Waals surface area contributed by atoms with Crippen molar-refractivity contribution in [1.29, 1.82) is 5.26 Å². The number of hydrogen-bond acceptors (Lipinski definition) is 4. The average molecular weight is 423 g/mol. The highest BCUT2D eigenvalue weighted by molar-refractivity contribution is 6.32. The SMILES string of the molecule is N#Cc1cc(Cl)cc(Oc2c(Cl)ccc(CNC(=O)c3[nH]cnc3F)c2F)c1. The van der Waals surface area contributed by atoms with Gasteiger partial charge < -0.3 is 15.0 Å². The highest BCUT2D eigenvalue weighted by Gasteiger charge is 2.18. The molecule has 0 bridgehead atoms. The van der Waals surface area contributed by atoms with Crippen molar-refractivity contribution in [2.24, 2.45) is 0 Å². The molecule has 2 aromatic carbocycles. The summed E-state index contributed by atoms with van der Waals surface area (Å²) in [4.78, 5) is 17.5. The van der Waals surface area contributed by atoms with Crippen LogP contribution in [0.15, 0.2) is 36.7 Å². The van der Waals surface area contributed by atoms with Gasteiger partial charge in [0.15, 0.2) is 17.3 Å². The van der Waals surface area contributed by atoms with Crippen LogP contribution in [0.3, 0.4) is 0 Å². The molecule has 6 nitrogen and oxygen atoms in total. The third-order valence-corrected chi connectivity index (χ3v) is 4.12. The zero-order chi connectivity index (χ0) is 20.3. The highest BCUT2D eigenvalue weighted by Crippen LogP contribution is 2.35. The van der Waals surface area contributed by atoms with Gasteiger partial charge in [0.05, 0.1) is 23.0 Å². The van der Waals surface area contributed by atoms with Gasteiger partial charge in [-0.25, -0.2) is 9.37 Å². The summed E-state index contributed by atoms with van der Waals surface area (Å²) in [7, 11) is 0. The van der Waals surface area contributed by atoms with Crippen LogP contribution in [0, 0.1) is 23.1 Å². The lowest BCUT2D eigenvalue weighted by molar-refractivity contribution is 0.0941. The van der Waals surface area contributed by atoms with Crippen LogP contribution in [-0.2, 0) is 6.54 Å². The largest absolute Gasteiger partial charge is 0.453 e. The number of aromatic nitrogens is 2. The first-order valence-electron chi connectivity index (χ1n) is 7.71. The number of nitrogens with one attached hydrogen (secondary N) is 2. The molecule has 0 spiro atoms. The van der Waals surface area contributed by atoms with Gasteiger partial charge in [-0.2, -0.15) is 9.65 Å². The van der Waals surface area contributed by atoms with Gasteiger partial charge in [0.25, 0.3) is 5.91 Å². The minimum atomic E-state index is -0.965. The van der Waals surface area contributed by atoms with Crippen LogP contribution >= 0.6 is 23.2 Å². The lowest BCUT2D eigenvalue weighted by Gasteiger charge is -2.13. The maximum Gasteiger partial charge on any atom is 0.272 e. The van der Waals surface area contributed by atoms with Crippen molar-refractivity contribution < 1.29 is 18.3 Å². The number of imidazole rings is 1. The fraction of sp³-hybridized carbons (Fsp3) is 0.0556. The smallest absolute Gasteiger partial charge is 0.272 e. The molecule has 0 unspecified atom stereocenters. The highest BCUT2D eigenvalue weighted by atomic mass is 35.5. The van der Waals surface area contributed by atoms with Crippen molar-refractivity contribution in [3.8, 4) is 17.6 Å². The summed E-state index contributed by atoms with van der Waals surface area (Å²) in [5.41, 5.74) is -0.0898. The molecule has 2 N–H and O–H groups in total. The lowest BCUT2D eigenvalue weighted by atomic mass is 10.2. The van der Waals surface area contributed by atoms with Crippen molar-refractivity contribution in [3.05, 3.63) is 75.3 Å². The summed E-state index contributed by atoms with van der Waals surface area (Å²) in [6, 6.07) is 8.84. The zero-order valence-corrected chi connectivity index (χ0v) is 15.4. The third kappa shape index (κ3) is 4.22. The van der Waals surface area contributed by atoms with Crippen LogP contribution in [0.4, 0.5) is 8.78 Å². The molecule has 1 heterocycles. The Bertz CT molecular complexity index is 1100. The molecular weight excluding hydrogens is 413 g/mol. The maximum atomic E-state index is 14.8. The van der Waals surface area contributed by atoms with E-state index in [-0.39, 0.29) is 44.9 Å². The predicted molar refractivity (Wildman–Crippen MR) is 97.4 cm³/mol. The quantitative estimate of drug-likeness (QED) is 0.628.